The lowest BCUT2D eigenvalue weighted by molar-refractivity contribution is 0.0698. The van der Waals surface area contributed by atoms with Crippen molar-refractivity contribution in [1.82, 2.24) is 0 Å². The first-order chi connectivity index (χ1) is 13.5. The molecule has 0 aromatic heterocycles. The van der Waals surface area contributed by atoms with Crippen molar-refractivity contribution in [1.29, 1.82) is 0 Å². The minimum absolute atomic E-state index is 0.0306. The minimum Gasteiger partial charge on any atom is -0.490 e. The molecule has 3 aromatic carbocycles. The van der Waals surface area contributed by atoms with E-state index in [0.29, 0.717) is 30.3 Å². The summed E-state index contributed by atoms with van der Waals surface area (Å²) in [5.41, 5.74) is 0.613. The number of carboxylic acids is 1. The third kappa shape index (κ3) is 4.06. The van der Waals surface area contributed by atoms with Crippen molar-refractivity contribution in [3.05, 3.63) is 65.7 Å². The van der Waals surface area contributed by atoms with Crippen LogP contribution in [-0.2, 0) is 0 Å². The molecule has 28 heavy (non-hydrogen) atoms. The Morgan fingerprint density at radius 1 is 0.893 bits per heavy atom. The summed E-state index contributed by atoms with van der Waals surface area (Å²) < 4.78 is 11.1. The molecule has 0 spiro atoms. The molecule has 0 radical (unpaired) electrons. The number of rotatable bonds is 7. The van der Waals surface area contributed by atoms with E-state index in [1.54, 1.807) is 30.3 Å². The van der Waals surface area contributed by atoms with E-state index in [2.05, 4.69) is 5.32 Å². The first kappa shape index (κ1) is 19.2. The van der Waals surface area contributed by atoms with Gasteiger partial charge in [-0.05, 0) is 55.0 Å². The van der Waals surface area contributed by atoms with Crippen molar-refractivity contribution in [3.63, 3.8) is 0 Å². The second-order valence-electron chi connectivity index (χ2n) is 6.03. The van der Waals surface area contributed by atoms with Crippen molar-refractivity contribution in [2.75, 3.05) is 18.5 Å². The lowest BCUT2D eigenvalue weighted by atomic mass is 10.0. The third-order valence-electron chi connectivity index (χ3n) is 4.17. The van der Waals surface area contributed by atoms with Crippen LogP contribution in [0.2, 0.25) is 0 Å². The number of anilines is 1. The zero-order chi connectivity index (χ0) is 20.1. The van der Waals surface area contributed by atoms with Crippen LogP contribution in [0.25, 0.3) is 10.8 Å². The highest BCUT2D eigenvalue weighted by atomic mass is 16.5. The van der Waals surface area contributed by atoms with Crippen molar-refractivity contribution in [2.24, 2.45) is 0 Å². The van der Waals surface area contributed by atoms with Crippen molar-refractivity contribution < 1.29 is 24.2 Å². The molecule has 0 saturated heterocycles. The lowest BCUT2D eigenvalue weighted by Gasteiger charge is -2.13. The van der Waals surface area contributed by atoms with Gasteiger partial charge in [0.2, 0.25) is 0 Å². The number of amides is 1. The van der Waals surface area contributed by atoms with Crippen LogP contribution in [0.15, 0.2) is 54.6 Å². The zero-order valence-corrected chi connectivity index (χ0v) is 15.7. The maximum atomic E-state index is 12.8. The number of carbonyl (C=O) groups excluding carboxylic acids is 1. The van der Waals surface area contributed by atoms with E-state index < -0.39 is 11.9 Å². The summed E-state index contributed by atoms with van der Waals surface area (Å²) in [6.07, 6.45) is 0. The predicted molar refractivity (Wildman–Crippen MR) is 108 cm³/mol. The number of hydrogen-bond acceptors (Lipinski definition) is 4. The van der Waals surface area contributed by atoms with E-state index in [1.807, 2.05) is 38.1 Å². The number of aromatic carboxylic acids is 1. The Kier molecular flexibility index (Phi) is 5.79. The van der Waals surface area contributed by atoms with Crippen LogP contribution in [-0.4, -0.2) is 30.2 Å². The zero-order valence-electron chi connectivity index (χ0n) is 15.7. The van der Waals surface area contributed by atoms with Gasteiger partial charge in [0.1, 0.15) is 0 Å². The highest BCUT2D eigenvalue weighted by Crippen LogP contribution is 2.30. The highest BCUT2D eigenvalue weighted by Gasteiger charge is 2.16. The highest BCUT2D eigenvalue weighted by molar-refractivity contribution is 6.10. The van der Waals surface area contributed by atoms with E-state index in [1.165, 1.54) is 0 Å². The Balaban J connectivity index is 1.95. The molecule has 0 saturated carbocycles. The number of fused-ring (bicyclic) bond motifs is 1. The van der Waals surface area contributed by atoms with E-state index in [0.717, 1.165) is 10.8 Å². The van der Waals surface area contributed by atoms with Gasteiger partial charge < -0.3 is 19.9 Å². The molecule has 0 fully saturated rings. The summed E-state index contributed by atoms with van der Waals surface area (Å²) in [6.45, 7) is 4.61. The molecule has 0 atom stereocenters. The average Bonchev–Trinajstić information content (AvgIpc) is 2.69. The second kappa shape index (κ2) is 8.43. The van der Waals surface area contributed by atoms with Crippen molar-refractivity contribution in [3.8, 4) is 11.5 Å². The molecule has 144 valence electrons. The molecule has 0 aliphatic rings. The Hall–Kier alpha value is -3.54. The van der Waals surface area contributed by atoms with Crippen LogP contribution in [0.1, 0.15) is 34.6 Å². The quantitative estimate of drug-likeness (QED) is 0.627. The molecule has 0 bridgehead atoms. The molecule has 1 amide bonds. The smallest absolute Gasteiger partial charge is 0.337 e. The Morgan fingerprint density at radius 3 is 2.18 bits per heavy atom. The third-order valence-corrected chi connectivity index (χ3v) is 4.17. The maximum Gasteiger partial charge on any atom is 0.337 e. The molecule has 0 aliphatic heterocycles. The number of carbonyl (C=O) groups is 2. The molecule has 0 heterocycles. The summed E-state index contributed by atoms with van der Waals surface area (Å²) in [5, 5.41) is 13.9. The molecular formula is C22H21NO5. The van der Waals surface area contributed by atoms with Gasteiger partial charge in [0, 0.05) is 5.56 Å². The fourth-order valence-corrected chi connectivity index (χ4v) is 2.91. The monoisotopic (exact) mass is 379 g/mol. The summed E-state index contributed by atoms with van der Waals surface area (Å²) in [7, 11) is 0. The lowest BCUT2D eigenvalue weighted by Crippen LogP contribution is -2.15. The van der Waals surface area contributed by atoms with Crippen molar-refractivity contribution >= 4 is 28.3 Å². The molecule has 0 aliphatic carbocycles. The number of benzene rings is 3. The predicted octanol–water partition coefficient (Wildman–Crippen LogP) is 4.59. The Labute approximate surface area is 162 Å². The molecule has 6 heteroatoms. The first-order valence-corrected chi connectivity index (χ1v) is 9.00. The molecular weight excluding hydrogens is 358 g/mol. The van der Waals surface area contributed by atoms with Crippen LogP contribution >= 0.6 is 0 Å². The van der Waals surface area contributed by atoms with Crippen molar-refractivity contribution in [2.45, 2.75) is 13.8 Å². The molecule has 3 aromatic rings. The largest absolute Gasteiger partial charge is 0.490 e. The van der Waals surface area contributed by atoms with Crippen LogP contribution in [0.4, 0.5) is 5.69 Å². The Morgan fingerprint density at radius 2 is 1.54 bits per heavy atom. The second-order valence-corrected chi connectivity index (χ2v) is 6.03. The minimum atomic E-state index is -1.11. The van der Waals surface area contributed by atoms with Gasteiger partial charge in [-0.15, -0.1) is 0 Å². The standard InChI is InChI=1S/C22H21NO5/c1-3-27-19-10-9-16(13-20(19)28-4-2)21(24)23-18-12-15-8-6-5-7-14(15)11-17(18)22(25)26/h5-13H,3-4H2,1-2H3,(H,23,24)(H,25,26). The van der Waals surface area contributed by atoms with Gasteiger partial charge in [-0.3, -0.25) is 4.79 Å². The number of nitrogens with one attached hydrogen (secondary N) is 1. The summed E-state index contributed by atoms with van der Waals surface area (Å²) >= 11 is 0. The maximum absolute atomic E-state index is 12.8. The summed E-state index contributed by atoms with van der Waals surface area (Å²) in [5.74, 6) is -0.517. The molecule has 2 N–H and O–H groups in total. The fourth-order valence-electron chi connectivity index (χ4n) is 2.91. The van der Waals surface area contributed by atoms with E-state index in [-0.39, 0.29) is 11.3 Å². The summed E-state index contributed by atoms with van der Waals surface area (Å²) in [6, 6.07) is 15.5. The van der Waals surface area contributed by atoms with Crippen LogP contribution in [0.3, 0.4) is 0 Å². The van der Waals surface area contributed by atoms with Gasteiger partial charge in [0.25, 0.3) is 5.91 Å². The number of ether oxygens (including phenoxy) is 2. The first-order valence-electron chi connectivity index (χ1n) is 9.00. The number of hydrogen-bond donors (Lipinski definition) is 2. The number of carboxylic acid groups (broad SMARTS) is 1. The fraction of sp³-hybridized carbons (Fsp3) is 0.182. The molecule has 0 unspecified atom stereocenters. The van der Waals surface area contributed by atoms with Gasteiger partial charge in [-0.2, -0.15) is 0 Å². The van der Waals surface area contributed by atoms with Crippen LogP contribution in [0, 0.1) is 0 Å². The summed E-state index contributed by atoms with van der Waals surface area (Å²) in [4.78, 5) is 24.4. The van der Waals surface area contributed by atoms with E-state index in [4.69, 9.17) is 9.47 Å². The molecule has 6 nitrogen and oxygen atoms in total. The van der Waals surface area contributed by atoms with Gasteiger partial charge in [-0.25, -0.2) is 4.79 Å². The molecule has 3 rings (SSSR count). The topological polar surface area (TPSA) is 84.9 Å². The van der Waals surface area contributed by atoms with Crippen LogP contribution in [0.5, 0.6) is 11.5 Å². The average molecular weight is 379 g/mol. The van der Waals surface area contributed by atoms with Gasteiger partial charge in [0.15, 0.2) is 11.5 Å². The van der Waals surface area contributed by atoms with Gasteiger partial charge >= 0.3 is 5.97 Å². The van der Waals surface area contributed by atoms with E-state index >= 15 is 0 Å². The Bertz CT molecular complexity index is 1030. The van der Waals surface area contributed by atoms with E-state index in [9.17, 15) is 14.7 Å². The SMILES string of the molecule is CCOc1ccc(C(=O)Nc2cc3ccccc3cc2C(=O)O)cc1OCC. The van der Waals surface area contributed by atoms with Gasteiger partial charge in [0.05, 0.1) is 24.5 Å². The van der Waals surface area contributed by atoms with Crippen LogP contribution < -0.4 is 14.8 Å². The van der Waals surface area contributed by atoms with Gasteiger partial charge in [-0.1, -0.05) is 24.3 Å². The normalized spacial score (nSPS) is 10.5.